The van der Waals surface area contributed by atoms with Crippen LogP contribution in [0.4, 0.5) is 10.1 Å². The average molecular weight is 436 g/mol. The Morgan fingerprint density at radius 2 is 1.94 bits per heavy atom. The van der Waals surface area contributed by atoms with Gasteiger partial charge in [-0.25, -0.2) is 12.8 Å². The number of aromatic nitrogens is 1. The van der Waals surface area contributed by atoms with Gasteiger partial charge in [-0.05, 0) is 78.2 Å². The van der Waals surface area contributed by atoms with Crippen molar-refractivity contribution in [3.63, 3.8) is 0 Å². The van der Waals surface area contributed by atoms with Gasteiger partial charge in [0.25, 0.3) is 0 Å². The number of anilines is 1. The van der Waals surface area contributed by atoms with Crippen molar-refractivity contribution in [2.45, 2.75) is 19.4 Å². The number of nitrogens with zero attached hydrogens (tertiary/aromatic N) is 2. The molecule has 0 aliphatic heterocycles. The molecule has 3 aromatic rings. The zero-order valence-electron chi connectivity index (χ0n) is 17.1. The molecular weight excluding hydrogens is 413 g/mol. The van der Waals surface area contributed by atoms with Crippen LogP contribution in [0, 0.1) is 5.82 Å². The van der Waals surface area contributed by atoms with Crippen LogP contribution in [0.5, 0.6) is 0 Å². The molecule has 1 aliphatic carbocycles. The number of halogens is 1. The summed E-state index contributed by atoms with van der Waals surface area (Å²) in [6.45, 7) is 3.98. The zero-order valence-corrected chi connectivity index (χ0v) is 17.9. The van der Waals surface area contributed by atoms with Gasteiger partial charge in [-0.15, -0.1) is 0 Å². The van der Waals surface area contributed by atoms with Crippen molar-refractivity contribution < 1.29 is 12.8 Å². The Morgan fingerprint density at radius 3 is 2.71 bits per heavy atom. The van der Waals surface area contributed by atoms with E-state index >= 15 is 0 Å². The molecule has 0 bridgehead atoms. The minimum Gasteiger partial charge on any atom is -0.295 e. The molecule has 0 fully saturated rings. The van der Waals surface area contributed by atoms with Gasteiger partial charge in [-0.3, -0.25) is 14.7 Å². The quantitative estimate of drug-likeness (QED) is 0.601. The van der Waals surface area contributed by atoms with Gasteiger partial charge in [0.15, 0.2) is 0 Å². The molecule has 0 unspecified atom stereocenters. The SMILES string of the molecule is C=NCc1ccc2c(n1)CCc1cc(F)ccc1/C2=C\c1cccc(NS(C)(=O)=O)c1. The molecule has 5 nitrogen and oxygen atoms in total. The number of aliphatic imine (C=N–C) groups is 1. The summed E-state index contributed by atoms with van der Waals surface area (Å²) in [5.41, 5.74) is 6.82. The fourth-order valence-corrected chi connectivity index (χ4v) is 4.40. The van der Waals surface area contributed by atoms with Crippen LogP contribution >= 0.6 is 0 Å². The summed E-state index contributed by atoms with van der Waals surface area (Å²) >= 11 is 0. The molecule has 0 saturated heterocycles. The molecule has 31 heavy (non-hydrogen) atoms. The van der Waals surface area contributed by atoms with Crippen molar-refractivity contribution >= 4 is 34.1 Å². The molecule has 158 valence electrons. The normalized spacial score (nSPS) is 14.5. The largest absolute Gasteiger partial charge is 0.295 e. The number of rotatable bonds is 5. The first-order valence-corrected chi connectivity index (χ1v) is 11.7. The van der Waals surface area contributed by atoms with E-state index in [2.05, 4.69) is 16.4 Å². The first kappa shape index (κ1) is 20.9. The summed E-state index contributed by atoms with van der Waals surface area (Å²) in [6, 6.07) is 15.9. The molecule has 1 N–H and O–H groups in total. The second kappa shape index (κ2) is 8.43. The van der Waals surface area contributed by atoms with E-state index in [4.69, 9.17) is 4.98 Å². The smallest absolute Gasteiger partial charge is 0.229 e. The van der Waals surface area contributed by atoms with Crippen LogP contribution in [-0.2, 0) is 29.4 Å². The highest BCUT2D eigenvalue weighted by molar-refractivity contribution is 7.92. The van der Waals surface area contributed by atoms with Crippen LogP contribution in [0.2, 0.25) is 0 Å². The van der Waals surface area contributed by atoms with Crippen molar-refractivity contribution in [3.8, 4) is 0 Å². The van der Waals surface area contributed by atoms with Crippen LogP contribution in [0.1, 0.15) is 33.6 Å². The Balaban J connectivity index is 1.88. The van der Waals surface area contributed by atoms with Gasteiger partial charge in [0.2, 0.25) is 10.0 Å². The van der Waals surface area contributed by atoms with Crippen LogP contribution in [-0.4, -0.2) is 26.4 Å². The van der Waals surface area contributed by atoms with E-state index in [1.807, 2.05) is 24.3 Å². The summed E-state index contributed by atoms with van der Waals surface area (Å²) in [6.07, 6.45) is 4.46. The summed E-state index contributed by atoms with van der Waals surface area (Å²) in [5, 5.41) is 0. The molecule has 7 heteroatoms. The Bertz CT molecular complexity index is 1300. The lowest BCUT2D eigenvalue weighted by molar-refractivity contribution is 0.607. The molecule has 1 aliphatic rings. The average Bonchev–Trinajstić information content (AvgIpc) is 2.84. The monoisotopic (exact) mass is 435 g/mol. The number of aryl methyl sites for hydroxylation is 2. The van der Waals surface area contributed by atoms with Gasteiger partial charge in [0.1, 0.15) is 5.82 Å². The van der Waals surface area contributed by atoms with Crippen LogP contribution < -0.4 is 4.72 Å². The van der Waals surface area contributed by atoms with Gasteiger partial charge in [0.05, 0.1) is 18.5 Å². The molecule has 0 spiro atoms. The molecule has 1 heterocycles. The van der Waals surface area contributed by atoms with Crippen molar-refractivity contribution in [3.05, 3.63) is 94.1 Å². The summed E-state index contributed by atoms with van der Waals surface area (Å²) in [4.78, 5) is 8.69. The number of hydrogen-bond donors (Lipinski definition) is 1. The van der Waals surface area contributed by atoms with Gasteiger partial charge in [0, 0.05) is 16.9 Å². The maximum atomic E-state index is 14.0. The lowest BCUT2D eigenvalue weighted by atomic mass is 9.93. The van der Waals surface area contributed by atoms with Gasteiger partial charge >= 0.3 is 0 Å². The standard InChI is InChI=1S/C24H22FN3O2S/c1-26-15-20-8-10-22-23(13-16-4-3-5-19(12-16)28-31(2,29)30)21-9-7-18(25)14-17(21)6-11-24(22)27-20/h3-5,7-10,12-14,28H,1,6,11,15H2,2H3/b23-13+. The van der Waals surface area contributed by atoms with Crippen molar-refractivity contribution in [2.24, 2.45) is 4.99 Å². The topological polar surface area (TPSA) is 71.4 Å². The molecule has 0 radical (unpaired) electrons. The fraction of sp³-hybridized carbons (Fsp3) is 0.167. The van der Waals surface area contributed by atoms with E-state index < -0.39 is 10.0 Å². The highest BCUT2D eigenvalue weighted by Gasteiger charge is 2.20. The predicted octanol–water partition coefficient (Wildman–Crippen LogP) is 4.48. The molecule has 0 atom stereocenters. The summed E-state index contributed by atoms with van der Waals surface area (Å²) in [5.74, 6) is -0.270. The number of hydrogen-bond acceptors (Lipinski definition) is 4. The highest BCUT2D eigenvalue weighted by atomic mass is 32.2. The zero-order chi connectivity index (χ0) is 22.0. The Kier molecular flexibility index (Phi) is 5.69. The number of pyridine rings is 1. The molecule has 0 saturated carbocycles. The van der Waals surface area contributed by atoms with E-state index in [1.165, 1.54) is 6.07 Å². The summed E-state index contributed by atoms with van der Waals surface area (Å²) < 4.78 is 39.7. The predicted molar refractivity (Wildman–Crippen MR) is 123 cm³/mol. The third kappa shape index (κ3) is 4.88. The number of nitrogens with one attached hydrogen (secondary N) is 1. The first-order chi connectivity index (χ1) is 14.8. The van der Waals surface area contributed by atoms with E-state index in [-0.39, 0.29) is 5.82 Å². The van der Waals surface area contributed by atoms with Crippen LogP contribution in [0.25, 0.3) is 11.6 Å². The minimum absolute atomic E-state index is 0.270. The highest BCUT2D eigenvalue weighted by Crippen LogP contribution is 2.35. The van der Waals surface area contributed by atoms with Crippen molar-refractivity contribution in [1.29, 1.82) is 0 Å². The number of fused-ring (bicyclic) bond motifs is 2. The summed E-state index contributed by atoms with van der Waals surface area (Å²) in [7, 11) is -3.38. The fourth-order valence-electron chi connectivity index (χ4n) is 3.84. The van der Waals surface area contributed by atoms with Crippen LogP contribution in [0.3, 0.4) is 0 Å². The lowest BCUT2D eigenvalue weighted by Gasteiger charge is -2.13. The van der Waals surface area contributed by atoms with Crippen molar-refractivity contribution in [2.75, 3.05) is 11.0 Å². The molecule has 4 rings (SSSR count). The third-order valence-corrected chi connectivity index (χ3v) is 5.69. The number of sulfonamides is 1. The molecule has 2 aromatic carbocycles. The van der Waals surface area contributed by atoms with E-state index in [0.717, 1.165) is 45.5 Å². The molecule has 1 aromatic heterocycles. The Labute approximate surface area is 181 Å². The maximum absolute atomic E-state index is 14.0. The third-order valence-electron chi connectivity index (χ3n) is 5.09. The molecule has 0 amide bonds. The van der Waals surface area contributed by atoms with Crippen molar-refractivity contribution in [1.82, 2.24) is 4.98 Å². The van der Waals surface area contributed by atoms with Crippen LogP contribution in [0.15, 0.2) is 59.6 Å². The van der Waals surface area contributed by atoms with E-state index in [0.29, 0.717) is 25.1 Å². The Hall–Kier alpha value is -3.32. The lowest BCUT2D eigenvalue weighted by Crippen LogP contribution is -2.09. The van der Waals surface area contributed by atoms with Gasteiger partial charge in [-0.1, -0.05) is 24.3 Å². The Morgan fingerprint density at radius 1 is 1.13 bits per heavy atom. The second-order valence-electron chi connectivity index (χ2n) is 7.54. The van der Waals surface area contributed by atoms with E-state index in [9.17, 15) is 12.8 Å². The maximum Gasteiger partial charge on any atom is 0.229 e. The number of benzene rings is 2. The second-order valence-corrected chi connectivity index (χ2v) is 9.29. The van der Waals surface area contributed by atoms with E-state index in [1.54, 1.807) is 30.3 Å². The molecular formula is C24H22FN3O2S. The first-order valence-electron chi connectivity index (χ1n) is 9.82. The van der Waals surface area contributed by atoms with Gasteiger partial charge < -0.3 is 0 Å². The van der Waals surface area contributed by atoms with Gasteiger partial charge in [-0.2, -0.15) is 0 Å². The minimum atomic E-state index is -3.38.